The summed E-state index contributed by atoms with van der Waals surface area (Å²) in [5.41, 5.74) is 0.156. The second-order valence-corrected chi connectivity index (χ2v) is 11.8. The van der Waals surface area contributed by atoms with Gasteiger partial charge in [0.15, 0.2) is 0 Å². The van der Waals surface area contributed by atoms with Crippen LogP contribution in [0.25, 0.3) is 0 Å². The van der Waals surface area contributed by atoms with Crippen molar-refractivity contribution in [3.63, 3.8) is 0 Å². The highest BCUT2D eigenvalue weighted by Crippen LogP contribution is 2.76. The maximum Gasteiger partial charge on any atom is 0.0622 e. The highest BCUT2D eigenvalue weighted by Gasteiger charge is 2.71. The molecule has 2 N–H and O–H groups in total. The van der Waals surface area contributed by atoms with Crippen LogP contribution in [0.1, 0.15) is 72.1 Å². The van der Waals surface area contributed by atoms with Crippen molar-refractivity contribution < 1.29 is 14.9 Å². The molecule has 0 aromatic heterocycles. The molecule has 5 fully saturated rings. The molecule has 5 rings (SSSR count). The smallest absolute Gasteiger partial charge is 0.0622 e. The maximum absolute atomic E-state index is 10.8. The number of aliphatic hydroxyl groups is 2. The van der Waals surface area contributed by atoms with E-state index in [0.717, 1.165) is 55.5 Å². The molecule has 27 heavy (non-hydrogen) atoms. The lowest BCUT2D eigenvalue weighted by Crippen LogP contribution is -2.59. The number of rotatable bonds is 3. The summed E-state index contributed by atoms with van der Waals surface area (Å²) in [6.45, 7) is 7.50. The van der Waals surface area contributed by atoms with E-state index in [4.69, 9.17) is 4.74 Å². The molecule has 0 radical (unpaired) electrons. The zero-order chi connectivity index (χ0) is 19.2. The Kier molecular flexibility index (Phi) is 4.16. The molecule has 0 aromatic carbocycles. The fourth-order valence-corrected chi connectivity index (χ4v) is 9.72. The zero-order valence-corrected chi connectivity index (χ0v) is 17.8. The van der Waals surface area contributed by atoms with Crippen LogP contribution in [-0.4, -0.2) is 35.6 Å². The Morgan fingerprint density at radius 3 is 2.52 bits per heavy atom. The Labute approximate surface area is 165 Å². The summed E-state index contributed by atoms with van der Waals surface area (Å²) in [4.78, 5) is 0. The number of hydrogen-bond donors (Lipinski definition) is 2. The minimum atomic E-state index is -0.482. The van der Waals surface area contributed by atoms with Crippen LogP contribution in [0.2, 0.25) is 0 Å². The quantitative estimate of drug-likeness (QED) is 0.774. The van der Waals surface area contributed by atoms with Gasteiger partial charge in [-0.3, -0.25) is 0 Å². The summed E-state index contributed by atoms with van der Waals surface area (Å²) in [5, 5.41) is 21.3. The molecule has 0 bridgehead atoms. The van der Waals surface area contributed by atoms with Crippen molar-refractivity contribution in [3.05, 3.63) is 0 Å². The van der Waals surface area contributed by atoms with Crippen molar-refractivity contribution in [3.8, 4) is 0 Å². The van der Waals surface area contributed by atoms with E-state index in [1.807, 2.05) is 21.0 Å². The van der Waals surface area contributed by atoms with Crippen LogP contribution in [0.3, 0.4) is 0 Å². The van der Waals surface area contributed by atoms with Crippen LogP contribution < -0.4 is 0 Å². The lowest BCUT2D eigenvalue weighted by Gasteiger charge is -2.63. The number of hydrogen-bond acceptors (Lipinski definition) is 3. The largest absolute Gasteiger partial charge is 0.393 e. The Morgan fingerprint density at radius 1 is 1.04 bits per heavy atom. The monoisotopic (exact) mass is 376 g/mol. The van der Waals surface area contributed by atoms with E-state index in [-0.39, 0.29) is 11.5 Å². The van der Waals surface area contributed by atoms with Crippen LogP contribution in [0.5, 0.6) is 0 Å². The van der Waals surface area contributed by atoms with E-state index in [1.54, 1.807) is 0 Å². The van der Waals surface area contributed by atoms with Crippen molar-refractivity contribution in [2.75, 3.05) is 13.7 Å². The van der Waals surface area contributed by atoms with E-state index in [0.29, 0.717) is 17.3 Å². The average Bonchev–Trinajstić information content (AvgIpc) is 3.28. The van der Waals surface area contributed by atoms with Crippen LogP contribution in [-0.2, 0) is 4.74 Å². The summed E-state index contributed by atoms with van der Waals surface area (Å²) >= 11 is 0. The highest BCUT2D eigenvalue weighted by molar-refractivity contribution is 5.19. The summed E-state index contributed by atoms with van der Waals surface area (Å²) in [6, 6.07) is 0. The number of aliphatic hydroxyl groups excluding tert-OH is 1. The molecule has 3 heteroatoms. The van der Waals surface area contributed by atoms with Gasteiger partial charge in [0.05, 0.1) is 18.3 Å². The first kappa shape index (κ1) is 18.9. The summed E-state index contributed by atoms with van der Waals surface area (Å²) in [7, 11) is 1.88. The first-order valence-corrected chi connectivity index (χ1v) is 11.6. The van der Waals surface area contributed by atoms with Crippen molar-refractivity contribution in [1.82, 2.24) is 0 Å². The van der Waals surface area contributed by atoms with E-state index in [2.05, 4.69) is 6.92 Å². The predicted octanol–water partition coefficient (Wildman–Crippen LogP) is 4.26. The minimum Gasteiger partial charge on any atom is -0.393 e. The third-order valence-electron chi connectivity index (χ3n) is 10.5. The molecule has 5 saturated carbocycles. The van der Waals surface area contributed by atoms with Gasteiger partial charge in [-0.1, -0.05) is 6.92 Å². The van der Waals surface area contributed by atoms with Gasteiger partial charge in [0, 0.05) is 7.11 Å². The van der Waals surface area contributed by atoms with Gasteiger partial charge >= 0.3 is 0 Å². The summed E-state index contributed by atoms with van der Waals surface area (Å²) in [6.07, 6.45) is 9.45. The van der Waals surface area contributed by atoms with Gasteiger partial charge in [-0.15, -0.1) is 0 Å². The SMILES string of the molecule is COC[C@]12CC[C@@](C)(O)C[C@H]1CC[C@@H]1[C@@H]2CC[C@]2(C)C(C(C)O)C3CC3[C@@H]12. The van der Waals surface area contributed by atoms with E-state index in [1.165, 1.54) is 32.1 Å². The van der Waals surface area contributed by atoms with Crippen molar-refractivity contribution in [2.24, 2.45) is 52.3 Å². The first-order valence-electron chi connectivity index (χ1n) is 11.6. The third kappa shape index (κ3) is 2.50. The van der Waals surface area contributed by atoms with Gasteiger partial charge in [0.2, 0.25) is 0 Å². The number of ether oxygens (including phenoxy) is 1. The molecule has 0 aromatic rings. The molecule has 11 atom stereocenters. The maximum atomic E-state index is 10.8. The van der Waals surface area contributed by atoms with E-state index in [9.17, 15) is 10.2 Å². The summed E-state index contributed by atoms with van der Waals surface area (Å²) < 4.78 is 5.87. The van der Waals surface area contributed by atoms with Gasteiger partial charge in [-0.2, -0.15) is 0 Å². The number of methoxy groups -OCH3 is 1. The van der Waals surface area contributed by atoms with Crippen molar-refractivity contribution >= 4 is 0 Å². The first-order chi connectivity index (χ1) is 12.7. The lowest BCUT2D eigenvalue weighted by molar-refractivity contribution is -0.181. The van der Waals surface area contributed by atoms with Gasteiger partial charge in [0.25, 0.3) is 0 Å². The average molecular weight is 377 g/mol. The Balaban J connectivity index is 1.48. The van der Waals surface area contributed by atoms with Gasteiger partial charge < -0.3 is 14.9 Å². The molecule has 3 nitrogen and oxygen atoms in total. The Hall–Kier alpha value is -0.120. The molecule has 0 aliphatic heterocycles. The topological polar surface area (TPSA) is 49.7 Å². The van der Waals surface area contributed by atoms with Crippen LogP contribution in [0.4, 0.5) is 0 Å². The second kappa shape index (κ2) is 5.95. The Morgan fingerprint density at radius 2 is 1.81 bits per heavy atom. The molecule has 4 unspecified atom stereocenters. The molecular formula is C24H40O3. The third-order valence-corrected chi connectivity index (χ3v) is 10.5. The van der Waals surface area contributed by atoms with Gasteiger partial charge in [-0.05, 0) is 117 Å². The molecule has 0 amide bonds. The fraction of sp³-hybridized carbons (Fsp3) is 1.00. The van der Waals surface area contributed by atoms with Gasteiger partial charge in [-0.25, -0.2) is 0 Å². The molecule has 0 spiro atoms. The zero-order valence-electron chi connectivity index (χ0n) is 17.8. The second-order valence-electron chi connectivity index (χ2n) is 11.8. The van der Waals surface area contributed by atoms with Crippen LogP contribution in [0.15, 0.2) is 0 Å². The summed E-state index contributed by atoms with van der Waals surface area (Å²) in [5.74, 6) is 5.22. The molecule has 5 aliphatic carbocycles. The minimum absolute atomic E-state index is 0.152. The van der Waals surface area contributed by atoms with Crippen molar-refractivity contribution in [2.45, 2.75) is 83.8 Å². The molecule has 0 heterocycles. The van der Waals surface area contributed by atoms with E-state index < -0.39 is 5.60 Å². The fourth-order valence-electron chi connectivity index (χ4n) is 9.72. The predicted molar refractivity (Wildman–Crippen MR) is 106 cm³/mol. The van der Waals surface area contributed by atoms with E-state index >= 15 is 0 Å². The molecule has 0 saturated heterocycles. The highest BCUT2D eigenvalue weighted by atomic mass is 16.5. The van der Waals surface area contributed by atoms with Gasteiger partial charge in [0.1, 0.15) is 0 Å². The molecular weight excluding hydrogens is 336 g/mol. The normalized spacial score (nSPS) is 60.0. The van der Waals surface area contributed by atoms with Crippen LogP contribution >= 0.6 is 0 Å². The Bertz CT molecular complexity index is 600. The van der Waals surface area contributed by atoms with Crippen molar-refractivity contribution in [1.29, 1.82) is 0 Å². The molecule has 154 valence electrons. The standard InChI is InChI=1S/C24H40O3/c1-14(25)20-17-11-18(17)21-16-6-5-15-12-22(2,26)9-10-24(15,13-27-4)19(16)7-8-23(20,21)3/h14-21,25-26H,5-13H2,1-4H3/t14?,15-,16-,17?,18?,19+,20?,21-,22-,23-,24-/m1/s1. The lowest BCUT2D eigenvalue weighted by atomic mass is 9.43. The molecule has 5 aliphatic rings. The number of fused-ring (bicyclic) bond motifs is 7. The van der Waals surface area contributed by atoms with Crippen LogP contribution in [0, 0.1) is 52.3 Å².